The Labute approximate surface area is 157 Å². The van der Waals surface area contributed by atoms with E-state index < -0.39 is 11.4 Å². The minimum Gasteiger partial charge on any atom is -0.496 e. The molecule has 2 aliphatic rings. The number of aryl methyl sites for hydroxylation is 1. The highest BCUT2D eigenvalue weighted by Gasteiger charge is 2.38. The van der Waals surface area contributed by atoms with E-state index in [1.807, 2.05) is 45.0 Å². The first-order valence-electron chi connectivity index (χ1n) is 8.72. The Morgan fingerprint density at radius 1 is 1.15 bits per heavy atom. The molecule has 0 atom stereocenters. The summed E-state index contributed by atoms with van der Waals surface area (Å²) in [7, 11) is 1.64. The summed E-state index contributed by atoms with van der Waals surface area (Å²) in [5, 5.41) is 2.71. The number of ether oxygens (including phenoxy) is 2. The number of carbonyl (C=O) groups is 1. The number of hydrogen-bond acceptors (Lipinski definition) is 3. The Balaban J connectivity index is 1.84. The molecule has 2 aromatic rings. The van der Waals surface area contributed by atoms with E-state index in [0.29, 0.717) is 22.6 Å². The highest BCUT2D eigenvalue weighted by atomic mass is 19.1. The lowest BCUT2D eigenvalue weighted by molar-refractivity contribution is -0.111. The van der Waals surface area contributed by atoms with Gasteiger partial charge in [-0.3, -0.25) is 4.79 Å². The molecule has 0 spiro atoms. The molecule has 4 nitrogen and oxygen atoms in total. The molecule has 0 aromatic heterocycles. The number of benzene rings is 2. The molecule has 138 valence electrons. The number of halogens is 1. The van der Waals surface area contributed by atoms with Crippen molar-refractivity contribution < 1.29 is 18.7 Å². The van der Waals surface area contributed by atoms with Gasteiger partial charge in [-0.2, -0.15) is 0 Å². The van der Waals surface area contributed by atoms with Gasteiger partial charge in [-0.25, -0.2) is 4.39 Å². The van der Waals surface area contributed by atoms with Crippen LogP contribution in [-0.4, -0.2) is 18.6 Å². The predicted octanol–water partition coefficient (Wildman–Crippen LogP) is 4.70. The minimum atomic E-state index is -0.605. The van der Waals surface area contributed by atoms with Gasteiger partial charge in [0, 0.05) is 11.1 Å². The SMILES string of the molecule is COc1ccc(C2=CC(=C3C(=O)Nc4cc(F)ccc43)OC2(C)C)cc1C. The number of amides is 1. The van der Waals surface area contributed by atoms with Gasteiger partial charge in [0.05, 0.1) is 18.4 Å². The molecule has 0 saturated carbocycles. The second kappa shape index (κ2) is 5.98. The summed E-state index contributed by atoms with van der Waals surface area (Å²) < 4.78 is 25.0. The third-order valence-electron chi connectivity index (χ3n) is 4.97. The number of methoxy groups -OCH3 is 1. The lowest BCUT2D eigenvalue weighted by Gasteiger charge is -2.24. The van der Waals surface area contributed by atoms with Crippen LogP contribution in [0.5, 0.6) is 5.75 Å². The van der Waals surface area contributed by atoms with Gasteiger partial charge in [0.15, 0.2) is 0 Å². The smallest absolute Gasteiger partial charge is 0.260 e. The second-order valence-electron chi connectivity index (χ2n) is 7.24. The standard InChI is InChI=1S/C22H20FNO3/c1-12-9-13(5-8-18(12)26-4)16-11-19(27-22(16,2)3)20-15-7-6-14(23)10-17(15)24-21(20)25/h5-11H,1-4H3,(H,24,25). The van der Waals surface area contributed by atoms with E-state index >= 15 is 0 Å². The lowest BCUT2D eigenvalue weighted by atomic mass is 9.91. The molecule has 0 bridgehead atoms. The van der Waals surface area contributed by atoms with E-state index in [0.717, 1.165) is 22.4 Å². The quantitative estimate of drug-likeness (QED) is 0.785. The van der Waals surface area contributed by atoms with Crippen LogP contribution in [0.25, 0.3) is 11.1 Å². The molecule has 0 aliphatic carbocycles. The Hall–Kier alpha value is -3.08. The molecule has 0 unspecified atom stereocenters. The minimum absolute atomic E-state index is 0.287. The fourth-order valence-electron chi connectivity index (χ4n) is 3.65. The summed E-state index contributed by atoms with van der Waals surface area (Å²) in [5.74, 6) is 0.634. The molecule has 27 heavy (non-hydrogen) atoms. The first kappa shape index (κ1) is 17.3. The van der Waals surface area contributed by atoms with Crippen molar-refractivity contribution in [2.75, 3.05) is 12.4 Å². The van der Waals surface area contributed by atoms with Crippen LogP contribution in [0.4, 0.5) is 10.1 Å². The van der Waals surface area contributed by atoms with Crippen LogP contribution in [0.1, 0.15) is 30.5 Å². The highest BCUT2D eigenvalue weighted by molar-refractivity contribution is 6.32. The number of nitrogens with one attached hydrogen (secondary N) is 1. The first-order valence-corrected chi connectivity index (χ1v) is 8.72. The van der Waals surface area contributed by atoms with Gasteiger partial charge in [0.2, 0.25) is 0 Å². The van der Waals surface area contributed by atoms with Crippen molar-refractivity contribution in [2.24, 2.45) is 0 Å². The van der Waals surface area contributed by atoms with Gasteiger partial charge in [-0.15, -0.1) is 0 Å². The average Bonchev–Trinajstić information content (AvgIpc) is 3.09. The first-order chi connectivity index (χ1) is 12.8. The monoisotopic (exact) mass is 365 g/mol. The third kappa shape index (κ3) is 2.79. The van der Waals surface area contributed by atoms with Crippen molar-refractivity contribution in [1.29, 1.82) is 0 Å². The molecular formula is C22H20FNO3. The summed E-state index contributed by atoms with van der Waals surface area (Å²) in [6.45, 7) is 5.91. The third-order valence-corrected chi connectivity index (χ3v) is 4.97. The average molecular weight is 365 g/mol. The summed E-state index contributed by atoms with van der Waals surface area (Å²) in [4.78, 5) is 12.5. The molecule has 1 amide bonds. The molecule has 2 heterocycles. The maximum Gasteiger partial charge on any atom is 0.260 e. The Morgan fingerprint density at radius 3 is 2.63 bits per heavy atom. The molecular weight excluding hydrogens is 345 g/mol. The van der Waals surface area contributed by atoms with E-state index in [-0.39, 0.29) is 5.91 Å². The predicted molar refractivity (Wildman–Crippen MR) is 103 cm³/mol. The van der Waals surface area contributed by atoms with Gasteiger partial charge < -0.3 is 14.8 Å². The van der Waals surface area contributed by atoms with Crippen LogP contribution in [-0.2, 0) is 9.53 Å². The maximum atomic E-state index is 13.5. The zero-order chi connectivity index (χ0) is 19.3. The van der Waals surface area contributed by atoms with Gasteiger partial charge in [-0.05, 0) is 68.3 Å². The lowest BCUT2D eigenvalue weighted by Crippen LogP contribution is -2.21. The highest BCUT2D eigenvalue weighted by Crippen LogP contribution is 2.44. The molecule has 5 heteroatoms. The van der Waals surface area contributed by atoms with Gasteiger partial charge in [0.1, 0.15) is 22.9 Å². The molecule has 2 aliphatic heterocycles. The van der Waals surface area contributed by atoms with Crippen LogP contribution < -0.4 is 10.1 Å². The van der Waals surface area contributed by atoms with Gasteiger partial charge in [-0.1, -0.05) is 6.07 Å². The van der Waals surface area contributed by atoms with Crippen LogP contribution in [0.15, 0.2) is 48.2 Å². The number of rotatable bonds is 2. The summed E-state index contributed by atoms with van der Waals surface area (Å²) >= 11 is 0. The van der Waals surface area contributed by atoms with Crippen molar-refractivity contribution in [3.63, 3.8) is 0 Å². The largest absolute Gasteiger partial charge is 0.496 e. The van der Waals surface area contributed by atoms with Crippen LogP contribution in [0, 0.1) is 12.7 Å². The number of anilines is 1. The van der Waals surface area contributed by atoms with E-state index in [9.17, 15) is 9.18 Å². The van der Waals surface area contributed by atoms with E-state index in [1.54, 1.807) is 13.2 Å². The Morgan fingerprint density at radius 2 is 1.93 bits per heavy atom. The fraction of sp³-hybridized carbons (Fsp3) is 0.227. The summed E-state index contributed by atoms with van der Waals surface area (Å²) in [6.07, 6.45) is 1.90. The fourth-order valence-corrected chi connectivity index (χ4v) is 3.65. The zero-order valence-corrected chi connectivity index (χ0v) is 15.6. The van der Waals surface area contributed by atoms with Crippen LogP contribution >= 0.6 is 0 Å². The zero-order valence-electron chi connectivity index (χ0n) is 15.6. The van der Waals surface area contributed by atoms with Crippen molar-refractivity contribution in [2.45, 2.75) is 26.4 Å². The van der Waals surface area contributed by atoms with Crippen molar-refractivity contribution in [1.82, 2.24) is 0 Å². The van der Waals surface area contributed by atoms with Crippen molar-refractivity contribution >= 4 is 22.7 Å². The molecule has 0 saturated heterocycles. The van der Waals surface area contributed by atoms with E-state index in [2.05, 4.69) is 5.32 Å². The van der Waals surface area contributed by atoms with Crippen LogP contribution in [0.3, 0.4) is 0 Å². The van der Waals surface area contributed by atoms with Gasteiger partial charge >= 0.3 is 0 Å². The number of hydrogen-bond donors (Lipinski definition) is 1. The van der Waals surface area contributed by atoms with Crippen molar-refractivity contribution in [3.05, 3.63) is 70.7 Å². The number of fused-ring (bicyclic) bond motifs is 1. The molecule has 0 radical (unpaired) electrons. The summed E-state index contributed by atoms with van der Waals surface area (Å²) in [6, 6.07) is 10.2. The van der Waals surface area contributed by atoms with E-state index in [1.165, 1.54) is 12.1 Å². The Kier molecular flexibility index (Phi) is 3.84. The van der Waals surface area contributed by atoms with E-state index in [4.69, 9.17) is 9.47 Å². The molecule has 0 fully saturated rings. The molecule has 4 rings (SSSR count). The Bertz CT molecular complexity index is 1030. The van der Waals surface area contributed by atoms with Gasteiger partial charge in [0.25, 0.3) is 5.91 Å². The number of allylic oxidation sites excluding steroid dienone is 1. The molecule has 1 N–H and O–H groups in total. The normalized spacial score (nSPS) is 20.0. The second-order valence-corrected chi connectivity index (χ2v) is 7.24. The maximum absolute atomic E-state index is 13.5. The number of carbonyl (C=O) groups excluding carboxylic acids is 1. The topological polar surface area (TPSA) is 47.6 Å². The summed E-state index contributed by atoms with van der Waals surface area (Å²) in [5.41, 5.74) is 3.94. The van der Waals surface area contributed by atoms with Crippen LogP contribution in [0.2, 0.25) is 0 Å². The molecule has 2 aromatic carbocycles. The van der Waals surface area contributed by atoms with Crippen molar-refractivity contribution in [3.8, 4) is 5.75 Å².